The van der Waals surface area contributed by atoms with E-state index in [1.807, 2.05) is 6.92 Å². The first kappa shape index (κ1) is 23.3. The average molecular weight is 490 g/mol. The lowest BCUT2D eigenvalue weighted by molar-refractivity contribution is -0.151. The number of anilines is 1. The van der Waals surface area contributed by atoms with Crippen LogP contribution in [0.25, 0.3) is 0 Å². The number of amides is 3. The number of aliphatic carboxylic acids is 1. The number of carboxylic acids is 1. The first-order valence-corrected chi connectivity index (χ1v) is 11.6. The van der Waals surface area contributed by atoms with Gasteiger partial charge in [0, 0.05) is 11.1 Å². The van der Waals surface area contributed by atoms with Gasteiger partial charge in [-0.3, -0.25) is 19.2 Å². The fraction of sp³-hybridized carbons (Fsp3) is 0.529. The zero-order chi connectivity index (χ0) is 22.6. The molecule has 0 radical (unpaired) electrons. The van der Waals surface area contributed by atoms with Gasteiger partial charge in [0.2, 0.25) is 12.3 Å². The first-order valence-electron chi connectivity index (χ1n) is 9.32. The number of thioether (sulfide) groups is 1. The molecule has 11 nitrogen and oxygen atoms in total. The lowest BCUT2D eigenvalue weighted by atomic mass is 10.0. The van der Waals surface area contributed by atoms with E-state index in [1.165, 1.54) is 22.0 Å². The molecule has 0 saturated carbocycles. The van der Waals surface area contributed by atoms with Gasteiger partial charge in [-0.05, 0) is 6.42 Å². The van der Waals surface area contributed by atoms with Crippen molar-refractivity contribution in [1.82, 2.24) is 15.2 Å². The molecule has 1 aromatic rings. The van der Waals surface area contributed by atoms with Gasteiger partial charge in [-0.25, -0.2) is 4.98 Å². The molecular weight excluding hydrogens is 470 g/mol. The normalized spacial score (nSPS) is 25.3. The van der Waals surface area contributed by atoms with Crippen LogP contribution in [0.3, 0.4) is 0 Å². The van der Waals surface area contributed by atoms with E-state index < -0.39 is 34.1 Å². The maximum atomic E-state index is 12.9. The van der Waals surface area contributed by atoms with Crippen LogP contribution in [-0.2, 0) is 24.0 Å². The number of nitrogens with zero attached hydrogens (tertiary/aromatic N) is 3. The number of β-lactam (4-membered cyclic amide) rings is 1. The molecule has 0 aromatic carbocycles. The maximum Gasteiger partial charge on any atom is 0.327 e. The number of unbranched alkanes of at least 4 members (excludes halogenated alkanes) is 1. The minimum atomic E-state index is -1.55. The van der Waals surface area contributed by atoms with Gasteiger partial charge in [0.1, 0.15) is 23.7 Å². The molecule has 2 aliphatic rings. The number of alkyl halides is 1. The third kappa shape index (κ3) is 4.93. The summed E-state index contributed by atoms with van der Waals surface area (Å²) < 4.78 is 0. The largest absolute Gasteiger partial charge is 0.480 e. The highest BCUT2D eigenvalue weighted by molar-refractivity contribution is 8.00. The number of carboxylic acid groups (broad SMARTS) is 1. The summed E-state index contributed by atoms with van der Waals surface area (Å²) in [7, 11) is 0. The Bertz CT molecular complexity index is 911. The highest BCUT2D eigenvalue weighted by Crippen LogP contribution is 2.41. The number of carbonyl (C=O) groups excluding carboxylic acids is 3. The number of oxime groups is 1. The van der Waals surface area contributed by atoms with Crippen LogP contribution in [0.2, 0.25) is 0 Å². The summed E-state index contributed by atoms with van der Waals surface area (Å²) in [4.78, 5) is 56.5. The Balaban J connectivity index is 1.71. The fourth-order valence-electron chi connectivity index (χ4n) is 2.91. The van der Waals surface area contributed by atoms with Crippen LogP contribution in [0.1, 0.15) is 25.5 Å². The zero-order valence-corrected chi connectivity index (χ0v) is 18.8. The SMILES string of the molecule is CCCCON=C(C(=O)NC1C(=O)N2CC(Cl)(C(=O)O)CS[C@H]12)c1csc(NC=O)n1. The molecule has 31 heavy (non-hydrogen) atoms. The summed E-state index contributed by atoms with van der Waals surface area (Å²) in [5.41, 5.74) is 0.0597. The highest BCUT2D eigenvalue weighted by atomic mass is 35.5. The van der Waals surface area contributed by atoms with Crippen LogP contribution in [0.5, 0.6) is 0 Å². The number of rotatable bonds is 10. The molecule has 2 aliphatic heterocycles. The number of fused-ring (bicyclic) bond motifs is 1. The Labute approximate surface area is 190 Å². The Morgan fingerprint density at radius 2 is 2.32 bits per heavy atom. The number of halogens is 1. The maximum absolute atomic E-state index is 12.9. The summed E-state index contributed by atoms with van der Waals surface area (Å²) in [6, 6.07) is -0.848. The van der Waals surface area contributed by atoms with Crippen LogP contribution < -0.4 is 10.6 Å². The summed E-state index contributed by atoms with van der Waals surface area (Å²) >= 11 is 8.38. The van der Waals surface area contributed by atoms with E-state index >= 15 is 0 Å². The average Bonchev–Trinajstić information content (AvgIpc) is 3.20. The molecule has 3 atom stereocenters. The number of aromatic nitrogens is 1. The van der Waals surface area contributed by atoms with Crippen molar-refractivity contribution in [2.24, 2.45) is 5.16 Å². The minimum absolute atomic E-state index is 0.0958. The quantitative estimate of drug-likeness (QED) is 0.108. The molecule has 0 spiro atoms. The van der Waals surface area contributed by atoms with Crippen molar-refractivity contribution in [3.63, 3.8) is 0 Å². The van der Waals surface area contributed by atoms with E-state index in [-0.39, 0.29) is 28.8 Å². The van der Waals surface area contributed by atoms with Crippen molar-refractivity contribution in [2.45, 2.75) is 36.1 Å². The second-order valence-electron chi connectivity index (χ2n) is 6.82. The van der Waals surface area contributed by atoms with Gasteiger partial charge in [0.25, 0.3) is 5.91 Å². The highest BCUT2D eigenvalue weighted by Gasteiger charge is 2.57. The molecule has 3 rings (SSSR count). The van der Waals surface area contributed by atoms with Gasteiger partial charge in [-0.15, -0.1) is 34.7 Å². The predicted molar refractivity (Wildman–Crippen MR) is 115 cm³/mol. The number of hydrogen-bond acceptors (Lipinski definition) is 9. The van der Waals surface area contributed by atoms with E-state index in [1.54, 1.807) is 0 Å². The minimum Gasteiger partial charge on any atom is -0.480 e. The van der Waals surface area contributed by atoms with Crippen molar-refractivity contribution >= 4 is 69.7 Å². The molecule has 168 valence electrons. The molecule has 2 fully saturated rings. The molecule has 0 aliphatic carbocycles. The lowest BCUT2D eigenvalue weighted by Crippen LogP contribution is -2.74. The second kappa shape index (κ2) is 9.83. The van der Waals surface area contributed by atoms with Crippen molar-refractivity contribution in [2.75, 3.05) is 24.2 Å². The Kier molecular flexibility index (Phi) is 7.38. The summed E-state index contributed by atoms with van der Waals surface area (Å²) in [6.45, 7) is 2.15. The van der Waals surface area contributed by atoms with Crippen molar-refractivity contribution in [1.29, 1.82) is 0 Å². The fourth-order valence-corrected chi connectivity index (χ4v) is 5.26. The smallest absolute Gasteiger partial charge is 0.327 e. The van der Waals surface area contributed by atoms with Gasteiger partial charge in [0.05, 0.1) is 6.54 Å². The first-order chi connectivity index (χ1) is 14.8. The zero-order valence-electron chi connectivity index (χ0n) is 16.4. The number of thiazole rings is 1. The van der Waals surface area contributed by atoms with Gasteiger partial charge < -0.3 is 25.5 Å². The third-order valence-corrected chi connectivity index (χ3v) is 7.48. The second-order valence-corrected chi connectivity index (χ2v) is 9.50. The number of hydrogen-bond donors (Lipinski definition) is 3. The van der Waals surface area contributed by atoms with E-state index in [0.29, 0.717) is 13.0 Å². The van der Waals surface area contributed by atoms with Gasteiger partial charge in [-0.1, -0.05) is 18.5 Å². The third-order valence-electron chi connectivity index (χ3n) is 4.60. The van der Waals surface area contributed by atoms with Gasteiger partial charge in [0.15, 0.2) is 15.7 Å². The van der Waals surface area contributed by atoms with Crippen LogP contribution in [0, 0.1) is 0 Å². The van der Waals surface area contributed by atoms with E-state index in [2.05, 4.69) is 20.8 Å². The molecule has 1 aromatic heterocycles. The van der Waals surface area contributed by atoms with Crippen molar-refractivity contribution < 1.29 is 29.1 Å². The Morgan fingerprint density at radius 1 is 1.55 bits per heavy atom. The molecule has 2 unspecified atom stereocenters. The summed E-state index contributed by atoms with van der Waals surface area (Å²) in [5, 5.41) is 19.6. The summed E-state index contributed by atoms with van der Waals surface area (Å²) in [6.07, 6.45) is 2.09. The monoisotopic (exact) mass is 489 g/mol. The molecular formula is C17H20ClN5O6S2. The van der Waals surface area contributed by atoms with E-state index in [0.717, 1.165) is 24.2 Å². The topological polar surface area (TPSA) is 150 Å². The number of nitrogens with one attached hydrogen (secondary N) is 2. The molecule has 3 heterocycles. The number of carbonyl (C=O) groups is 4. The van der Waals surface area contributed by atoms with Crippen molar-refractivity contribution in [3.05, 3.63) is 11.1 Å². The van der Waals surface area contributed by atoms with E-state index in [9.17, 15) is 24.3 Å². The standard InChI is InChI=1S/C17H20ClN5O6S2/c1-2-3-4-29-22-10(9-5-30-16(20-9)19-8-24)12(25)21-11-13(26)23-6-17(18,15(27)28)7-31-14(11)23/h5,8,11,14H,2-4,6-7H2,1H3,(H,21,25)(H,27,28)(H,19,20,24)/t11?,14-,17?/m1/s1. The van der Waals surface area contributed by atoms with E-state index in [4.69, 9.17) is 16.4 Å². The lowest BCUT2D eigenvalue weighted by Gasteiger charge is -2.52. The molecule has 2 saturated heterocycles. The predicted octanol–water partition coefficient (Wildman–Crippen LogP) is 0.694. The van der Waals surface area contributed by atoms with Gasteiger partial charge in [-0.2, -0.15) is 0 Å². The molecule has 0 bridgehead atoms. The van der Waals surface area contributed by atoms with Crippen LogP contribution in [-0.4, -0.2) is 80.1 Å². The molecule has 3 amide bonds. The van der Waals surface area contributed by atoms with Crippen LogP contribution >= 0.6 is 34.7 Å². The van der Waals surface area contributed by atoms with Crippen LogP contribution in [0.4, 0.5) is 5.13 Å². The summed E-state index contributed by atoms with van der Waals surface area (Å²) in [5.74, 6) is -2.19. The van der Waals surface area contributed by atoms with Crippen molar-refractivity contribution in [3.8, 4) is 0 Å². The van der Waals surface area contributed by atoms with Gasteiger partial charge >= 0.3 is 5.97 Å². The Hall–Kier alpha value is -2.38. The molecule has 3 N–H and O–H groups in total. The van der Waals surface area contributed by atoms with Crippen LogP contribution in [0.15, 0.2) is 10.5 Å². The Morgan fingerprint density at radius 3 is 3.00 bits per heavy atom. The molecule has 14 heteroatoms.